The zero-order chi connectivity index (χ0) is 17.1. The Balaban J connectivity index is 1.53. The van der Waals surface area contributed by atoms with Crippen LogP contribution in [0.15, 0.2) is 59.3 Å². The fraction of sp³-hybridized carbons (Fsp3) is 0.211. The van der Waals surface area contributed by atoms with Crippen molar-refractivity contribution in [2.24, 2.45) is 0 Å². The number of piperazine rings is 1. The van der Waals surface area contributed by atoms with E-state index in [2.05, 4.69) is 38.0 Å². The standard InChI is InChI=1S/C19H17N5O/c20-13-17-19(25-18(22-17)15-5-4-8-21-14-15)24-11-9-23(10-12-24)16-6-2-1-3-7-16/h1-8,14H,9-12H2. The van der Waals surface area contributed by atoms with Crippen LogP contribution in [-0.2, 0) is 0 Å². The van der Waals surface area contributed by atoms with Crippen molar-refractivity contribution in [2.75, 3.05) is 36.0 Å². The van der Waals surface area contributed by atoms with Gasteiger partial charge in [0.25, 0.3) is 0 Å². The van der Waals surface area contributed by atoms with E-state index in [4.69, 9.17) is 4.42 Å². The first-order valence-corrected chi connectivity index (χ1v) is 8.21. The first kappa shape index (κ1) is 15.2. The average molecular weight is 331 g/mol. The number of nitriles is 1. The number of para-hydroxylation sites is 1. The lowest BCUT2D eigenvalue weighted by Crippen LogP contribution is -2.46. The number of hydrogen-bond acceptors (Lipinski definition) is 6. The molecule has 0 atom stereocenters. The van der Waals surface area contributed by atoms with Gasteiger partial charge in [0.15, 0.2) is 0 Å². The molecule has 6 heteroatoms. The summed E-state index contributed by atoms with van der Waals surface area (Å²) in [6, 6.07) is 16.2. The smallest absolute Gasteiger partial charge is 0.235 e. The molecular weight excluding hydrogens is 314 g/mol. The molecule has 0 amide bonds. The fourth-order valence-corrected chi connectivity index (χ4v) is 3.02. The first-order chi connectivity index (χ1) is 12.3. The minimum absolute atomic E-state index is 0.326. The zero-order valence-electron chi connectivity index (χ0n) is 13.7. The summed E-state index contributed by atoms with van der Waals surface area (Å²) in [5.41, 5.74) is 2.32. The van der Waals surface area contributed by atoms with E-state index in [-0.39, 0.29) is 0 Å². The van der Waals surface area contributed by atoms with Gasteiger partial charge in [-0.15, -0.1) is 0 Å². The summed E-state index contributed by atoms with van der Waals surface area (Å²) in [6.45, 7) is 3.31. The molecule has 1 aliphatic heterocycles. The van der Waals surface area contributed by atoms with Crippen molar-refractivity contribution in [3.8, 4) is 17.5 Å². The molecule has 1 fully saturated rings. The van der Waals surface area contributed by atoms with Gasteiger partial charge in [0.2, 0.25) is 17.5 Å². The Morgan fingerprint density at radius 2 is 1.72 bits per heavy atom. The minimum atomic E-state index is 0.326. The molecule has 3 aromatic rings. The summed E-state index contributed by atoms with van der Waals surface area (Å²) < 4.78 is 5.91. The summed E-state index contributed by atoms with van der Waals surface area (Å²) in [5, 5.41) is 9.41. The van der Waals surface area contributed by atoms with Crippen LogP contribution in [0, 0.1) is 11.3 Å². The highest BCUT2D eigenvalue weighted by Crippen LogP contribution is 2.29. The SMILES string of the molecule is N#Cc1nc(-c2cccnc2)oc1N1CCN(c2ccccc2)CC1. The molecule has 1 saturated heterocycles. The Morgan fingerprint density at radius 3 is 2.40 bits per heavy atom. The van der Waals surface area contributed by atoms with Crippen molar-refractivity contribution in [1.82, 2.24) is 9.97 Å². The number of nitrogens with zero attached hydrogens (tertiary/aromatic N) is 5. The van der Waals surface area contributed by atoms with Gasteiger partial charge in [0, 0.05) is 44.3 Å². The second-order valence-corrected chi connectivity index (χ2v) is 5.84. The third-order valence-corrected chi connectivity index (χ3v) is 4.31. The molecule has 0 spiro atoms. The van der Waals surface area contributed by atoms with Crippen molar-refractivity contribution in [2.45, 2.75) is 0 Å². The van der Waals surface area contributed by atoms with Crippen LogP contribution in [0.4, 0.5) is 11.6 Å². The molecule has 3 heterocycles. The van der Waals surface area contributed by atoms with Crippen LogP contribution in [-0.4, -0.2) is 36.1 Å². The molecule has 25 heavy (non-hydrogen) atoms. The maximum atomic E-state index is 9.41. The molecule has 1 aromatic carbocycles. The lowest BCUT2D eigenvalue weighted by molar-refractivity contribution is 0.531. The molecule has 6 nitrogen and oxygen atoms in total. The predicted octanol–water partition coefficient (Wildman–Crippen LogP) is 2.93. The van der Waals surface area contributed by atoms with E-state index in [1.807, 2.05) is 30.3 Å². The van der Waals surface area contributed by atoms with E-state index in [0.29, 0.717) is 17.5 Å². The van der Waals surface area contributed by atoms with Gasteiger partial charge in [0.05, 0.1) is 5.56 Å². The summed E-state index contributed by atoms with van der Waals surface area (Å²) in [7, 11) is 0. The molecule has 1 aliphatic rings. The molecule has 0 radical (unpaired) electrons. The summed E-state index contributed by atoms with van der Waals surface area (Å²) >= 11 is 0. The number of benzene rings is 1. The van der Waals surface area contributed by atoms with Crippen LogP contribution < -0.4 is 9.80 Å². The van der Waals surface area contributed by atoms with Gasteiger partial charge in [-0.1, -0.05) is 18.2 Å². The Labute approximate surface area is 146 Å². The highest BCUT2D eigenvalue weighted by molar-refractivity contribution is 5.59. The van der Waals surface area contributed by atoms with Gasteiger partial charge in [-0.3, -0.25) is 4.98 Å². The van der Waals surface area contributed by atoms with Gasteiger partial charge in [-0.25, -0.2) is 0 Å². The van der Waals surface area contributed by atoms with Crippen molar-refractivity contribution >= 4 is 11.6 Å². The Morgan fingerprint density at radius 1 is 0.960 bits per heavy atom. The summed E-state index contributed by atoms with van der Waals surface area (Å²) in [5.74, 6) is 0.985. The average Bonchev–Trinajstić information content (AvgIpc) is 3.14. The highest BCUT2D eigenvalue weighted by atomic mass is 16.4. The van der Waals surface area contributed by atoms with Crippen LogP contribution in [0.1, 0.15) is 5.69 Å². The quantitative estimate of drug-likeness (QED) is 0.735. The normalized spacial score (nSPS) is 14.4. The van der Waals surface area contributed by atoms with E-state index < -0.39 is 0 Å². The van der Waals surface area contributed by atoms with Gasteiger partial charge in [-0.2, -0.15) is 10.2 Å². The van der Waals surface area contributed by atoms with Gasteiger partial charge < -0.3 is 14.2 Å². The maximum absolute atomic E-state index is 9.41. The Kier molecular flexibility index (Phi) is 4.05. The largest absolute Gasteiger partial charge is 0.419 e. The molecule has 0 aliphatic carbocycles. The molecule has 0 bridgehead atoms. The van der Waals surface area contributed by atoms with Crippen LogP contribution in [0.25, 0.3) is 11.5 Å². The number of pyridine rings is 1. The van der Waals surface area contributed by atoms with E-state index in [0.717, 1.165) is 31.7 Å². The van der Waals surface area contributed by atoms with Gasteiger partial charge >= 0.3 is 0 Å². The number of oxazole rings is 1. The molecule has 124 valence electrons. The van der Waals surface area contributed by atoms with Crippen molar-refractivity contribution in [3.63, 3.8) is 0 Å². The molecular formula is C19H17N5O. The van der Waals surface area contributed by atoms with E-state index in [1.54, 1.807) is 12.4 Å². The predicted molar refractivity (Wildman–Crippen MR) is 95.3 cm³/mol. The van der Waals surface area contributed by atoms with Crippen LogP contribution in [0.3, 0.4) is 0 Å². The van der Waals surface area contributed by atoms with Crippen molar-refractivity contribution in [3.05, 3.63) is 60.6 Å². The Hall–Kier alpha value is -3.33. The first-order valence-electron chi connectivity index (χ1n) is 8.21. The number of hydrogen-bond donors (Lipinski definition) is 0. The van der Waals surface area contributed by atoms with Gasteiger partial charge in [0.1, 0.15) is 6.07 Å². The minimum Gasteiger partial charge on any atom is -0.419 e. The van der Waals surface area contributed by atoms with Crippen LogP contribution >= 0.6 is 0 Å². The van der Waals surface area contributed by atoms with Gasteiger partial charge in [-0.05, 0) is 24.3 Å². The van der Waals surface area contributed by atoms with Crippen LogP contribution in [0.2, 0.25) is 0 Å². The summed E-state index contributed by atoms with van der Waals surface area (Å²) in [4.78, 5) is 12.8. The molecule has 0 unspecified atom stereocenters. The highest BCUT2D eigenvalue weighted by Gasteiger charge is 2.24. The van der Waals surface area contributed by atoms with Crippen molar-refractivity contribution < 1.29 is 4.42 Å². The fourth-order valence-electron chi connectivity index (χ4n) is 3.02. The third kappa shape index (κ3) is 3.04. The molecule has 4 rings (SSSR count). The lowest BCUT2D eigenvalue weighted by Gasteiger charge is -2.35. The second-order valence-electron chi connectivity index (χ2n) is 5.84. The second kappa shape index (κ2) is 6.65. The maximum Gasteiger partial charge on any atom is 0.235 e. The topological polar surface area (TPSA) is 69.2 Å². The number of aromatic nitrogens is 2. The van der Waals surface area contributed by atoms with Crippen molar-refractivity contribution in [1.29, 1.82) is 5.26 Å². The molecule has 0 saturated carbocycles. The van der Waals surface area contributed by atoms with E-state index >= 15 is 0 Å². The zero-order valence-corrected chi connectivity index (χ0v) is 13.7. The third-order valence-electron chi connectivity index (χ3n) is 4.31. The number of anilines is 2. The monoisotopic (exact) mass is 331 g/mol. The van der Waals surface area contributed by atoms with Crippen LogP contribution in [0.5, 0.6) is 0 Å². The molecule has 2 aromatic heterocycles. The molecule has 0 N–H and O–H groups in total. The van der Waals surface area contributed by atoms with E-state index in [9.17, 15) is 5.26 Å². The summed E-state index contributed by atoms with van der Waals surface area (Å²) in [6.07, 6.45) is 3.38. The number of rotatable bonds is 3. The lowest BCUT2D eigenvalue weighted by atomic mass is 10.2. The Bertz CT molecular complexity index is 877. The van der Waals surface area contributed by atoms with E-state index in [1.165, 1.54) is 5.69 Å².